The third-order valence-corrected chi connectivity index (χ3v) is 7.18. The highest BCUT2D eigenvalue weighted by Crippen LogP contribution is 2.45. The molecule has 31 heavy (non-hydrogen) atoms. The highest BCUT2D eigenvalue weighted by atomic mass is 32.1. The quantitative estimate of drug-likeness (QED) is 0.594. The number of carbonyl (C=O) groups is 1. The number of thiophene rings is 1. The van der Waals surface area contributed by atoms with Crippen LogP contribution in [0.1, 0.15) is 52.5 Å². The Bertz CT molecular complexity index is 1300. The number of hydrogen-bond acceptors (Lipinski definition) is 6. The molecule has 0 saturated heterocycles. The van der Waals surface area contributed by atoms with Gasteiger partial charge in [-0.25, -0.2) is 4.79 Å². The van der Waals surface area contributed by atoms with Crippen molar-refractivity contribution >= 4 is 33.9 Å². The van der Waals surface area contributed by atoms with E-state index < -0.39 is 11.4 Å². The van der Waals surface area contributed by atoms with Gasteiger partial charge in [0, 0.05) is 22.7 Å². The van der Waals surface area contributed by atoms with Gasteiger partial charge in [0.2, 0.25) is 5.43 Å². The van der Waals surface area contributed by atoms with Gasteiger partial charge in [-0.15, -0.1) is 11.3 Å². The van der Waals surface area contributed by atoms with Gasteiger partial charge < -0.3 is 19.2 Å². The lowest BCUT2D eigenvalue weighted by Crippen LogP contribution is -2.19. The number of aryl methyl sites for hydroxylation is 1. The Balaban J connectivity index is 1.76. The average Bonchev–Trinajstić information content (AvgIpc) is 3.51. The number of methoxy groups -OCH3 is 1. The number of oxime groups is 1. The van der Waals surface area contributed by atoms with E-state index in [1.165, 1.54) is 11.8 Å². The summed E-state index contributed by atoms with van der Waals surface area (Å²) in [6, 6.07) is 5.93. The summed E-state index contributed by atoms with van der Waals surface area (Å²) in [5, 5.41) is 14.1. The topological polar surface area (TPSA) is 90.1 Å². The minimum absolute atomic E-state index is 0.183. The molecule has 0 radical (unpaired) electrons. The zero-order valence-corrected chi connectivity index (χ0v) is 18.1. The Labute approximate surface area is 182 Å². The molecule has 7 nitrogen and oxygen atoms in total. The van der Waals surface area contributed by atoms with E-state index in [9.17, 15) is 14.7 Å². The summed E-state index contributed by atoms with van der Waals surface area (Å²) in [5.41, 5.74) is 3.06. The van der Waals surface area contributed by atoms with E-state index in [4.69, 9.17) is 9.57 Å². The van der Waals surface area contributed by atoms with Crippen molar-refractivity contribution in [2.75, 3.05) is 14.2 Å². The molecule has 2 aromatic heterocycles. The maximum absolute atomic E-state index is 12.9. The summed E-state index contributed by atoms with van der Waals surface area (Å²) in [6.07, 6.45) is 6.27. The molecule has 1 fully saturated rings. The van der Waals surface area contributed by atoms with Gasteiger partial charge >= 0.3 is 5.97 Å². The van der Waals surface area contributed by atoms with E-state index in [2.05, 4.69) is 11.2 Å². The Morgan fingerprint density at radius 1 is 1.26 bits per heavy atom. The van der Waals surface area contributed by atoms with Crippen molar-refractivity contribution in [1.82, 2.24) is 4.57 Å². The lowest BCUT2D eigenvalue weighted by Gasteiger charge is -2.17. The predicted octanol–water partition coefficient (Wildman–Crippen LogP) is 4.46. The lowest BCUT2D eigenvalue weighted by molar-refractivity contribution is 0.0695. The van der Waals surface area contributed by atoms with E-state index in [1.807, 2.05) is 10.6 Å². The van der Waals surface area contributed by atoms with Crippen LogP contribution in [0.4, 0.5) is 0 Å². The molecule has 8 heteroatoms. The summed E-state index contributed by atoms with van der Waals surface area (Å²) in [4.78, 5) is 31.7. The Morgan fingerprint density at radius 2 is 2.06 bits per heavy atom. The summed E-state index contributed by atoms with van der Waals surface area (Å²) < 4.78 is 7.75. The van der Waals surface area contributed by atoms with Crippen LogP contribution >= 0.6 is 11.3 Å². The molecule has 1 aromatic carbocycles. The molecule has 2 aliphatic carbocycles. The normalized spacial score (nSPS) is 17.0. The molecular weight excluding hydrogens is 416 g/mol. The van der Waals surface area contributed by atoms with E-state index in [1.54, 1.807) is 31.6 Å². The van der Waals surface area contributed by atoms with Crippen LogP contribution in [0.3, 0.4) is 0 Å². The first-order valence-corrected chi connectivity index (χ1v) is 11.1. The SMILES string of the molecule is CON=C1CCCc2cc(-c3ccc4c(=O)c(C(=O)O)cn(C5CC5)c4c3OC)sc21. The van der Waals surface area contributed by atoms with Crippen molar-refractivity contribution < 1.29 is 19.5 Å². The molecule has 0 aliphatic heterocycles. The van der Waals surface area contributed by atoms with Gasteiger partial charge in [0.05, 0.1) is 28.6 Å². The Hall–Kier alpha value is -3.13. The molecule has 1 N–H and O–H groups in total. The number of pyridine rings is 1. The molecule has 0 bridgehead atoms. The third-order valence-electron chi connectivity index (χ3n) is 5.92. The number of aromatic nitrogens is 1. The zero-order valence-electron chi connectivity index (χ0n) is 17.3. The van der Waals surface area contributed by atoms with E-state index in [-0.39, 0.29) is 11.6 Å². The number of hydrogen-bond donors (Lipinski definition) is 1. The first-order chi connectivity index (χ1) is 15.0. The number of rotatable bonds is 5. The van der Waals surface area contributed by atoms with Crippen molar-refractivity contribution in [1.29, 1.82) is 0 Å². The third kappa shape index (κ3) is 3.22. The van der Waals surface area contributed by atoms with Gasteiger partial charge in [0.25, 0.3) is 0 Å². The first-order valence-electron chi connectivity index (χ1n) is 10.3. The Morgan fingerprint density at radius 3 is 2.74 bits per heavy atom. The predicted molar refractivity (Wildman–Crippen MR) is 120 cm³/mol. The number of fused-ring (bicyclic) bond motifs is 2. The van der Waals surface area contributed by atoms with Crippen molar-refractivity contribution in [3.05, 3.63) is 50.6 Å². The standard InChI is InChI=1S/C23H22N2O5S/c1-29-21-14(18-10-12-4-3-5-17(24-30-2)22(12)31-18)8-9-15-19(21)25(13-6-7-13)11-16(20(15)26)23(27)28/h8-11,13H,3-7H2,1-2H3,(H,27,28). The van der Waals surface area contributed by atoms with Crippen molar-refractivity contribution in [2.24, 2.45) is 5.16 Å². The van der Waals surface area contributed by atoms with E-state index in [0.29, 0.717) is 16.7 Å². The summed E-state index contributed by atoms with van der Waals surface area (Å²) >= 11 is 1.64. The number of benzene rings is 1. The lowest BCUT2D eigenvalue weighted by atomic mass is 9.96. The minimum Gasteiger partial charge on any atom is -0.494 e. The van der Waals surface area contributed by atoms with Crippen LogP contribution in [0.2, 0.25) is 0 Å². The van der Waals surface area contributed by atoms with Crippen LogP contribution in [0.15, 0.2) is 34.3 Å². The van der Waals surface area contributed by atoms with E-state index >= 15 is 0 Å². The summed E-state index contributed by atoms with van der Waals surface area (Å²) in [5.74, 6) is -0.609. The van der Waals surface area contributed by atoms with Crippen LogP contribution < -0.4 is 10.2 Å². The monoisotopic (exact) mass is 438 g/mol. The average molecular weight is 439 g/mol. The smallest absolute Gasteiger partial charge is 0.341 e. The second-order valence-electron chi connectivity index (χ2n) is 7.90. The fourth-order valence-corrected chi connectivity index (χ4v) is 5.60. The molecule has 5 rings (SSSR count). The van der Waals surface area contributed by atoms with E-state index in [0.717, 1.165) is 53.1 Å². The second kappa shape index (κ2) is 7.53. The van der Waals surface area contributed by atoms with Gasteiger partial charge in [-0.1, -0.05) is 5.16 Å². The van der Waals surface area contributed by atoms with Crippen LogP contribution in [0.5, 0.6) is 5.75 Å². The fourth-order valence-electron chi connectivity index (χ4n) is 4.36. The number of carboxylic acids is 1. The molecule has 3 aromatic rings. The molecule has 0 spiro atoms. The number of carboxylic acid groups (broad SMARTS) is 1. The molecule has 2 heterocycles. The largest absolute Gasteiger partial charge is 0.494 e. The van der Waals surface area contributed by atoms with Gasteiger partial charge in [0.15, 0.2) is 5.75 Å². The number of ether oxygens (including phenoxy) is 1. The molecule has 160 valence electrons. The Kier molecular flexibility index (Phi) is 4.81. The summed E-state index contributed by atoms with van der Waals surface area (Å²) in [7, 11) is 3.15. The van der Waals surface area contributed by atoms with Gasteiger partial charge in [-0.05, 0) is 55.9 Å². The second-order valence-corrected chi connectivity index (χ2v) is 8.95. The highest BCUT2D eigenvalue weighted by molar-refractivity contribution is 7.17. The van der Waals surface area contributed by atoms with Crippen molar-refractivity contribution in [2.45, 2.75) is 38.1 Å². The molecule has 1 saturated carbocycles. The maximum atomic E-state index is 12.9. The molecular formula is C23H22N2O5S. The van der Waals surface area contributed by atoms with Gasteiger partial charge in [0.1, 0.15) is 12.7 Å². The van der Waals surface area contributed by atoms with Gasteiger partial charge in [-0.3, -0.25) is 4.79 Å². The van der Waals surface area contributed by atoms with Crippen molar-refractivity contribution in [3.8, 4) is 16.2 Å². The number of nitrogens with zero attached hydrogens (tertiary/aromatic N) is 2. The molecule has 0 atom stereocenters. The maximum Gasteiger partial charge on any atom is 0.341 e. The van der Waals surface area contributed by atoms with Crippen LogP contribution in [-0.4, -0.2) is 35.6 Å². The molecule has 2 aliphatic rings. The van der Waals surface area contributed by atoms with Crippen LogP contribution in [0, 0.1) is 0 Å². The molecule has 0 amide bonds. The van der Waals surface area contributed by atoms with Gasteiger partial charge in [-0.2, -0.15) is 0 Å². The molecule has 0 unspecified atom stereocenters. The number of aromatic carboxylic acids is 1. The zero-order chi connectivity index (χ0) is 21.7. The fraction of sp³-hybridized carbons (Fsp3) is 0.348. The van der Waals surface area contributed by atoms with Crippen molar-refractivity contribution in [3.63, 3.8) is 0 Å². The first kappa shape index (κ1) is 19.8. The minimum atomic E-state index is -1.21. The van der Waals surface area contributed by atoms with Crippen LogP contribution in [0.25, 0.3) is 21.3 Å². The highest BCUT2D eigenvalue weighted by Gasteiger charge is 2.30. The van der Waals surface area contributed by atoms with Crippen LogP contribution in [-0.2, 0) is 11.3 Å². The summed E-state index contributed by atoms with van der Waals surface area (Å²) in [6.45, 7) is 0.